The fourth-order valence-corrected chi connectivity index (χ4v) is 4.65. The van der Waals surface area contributed by atoms with Crippen LogP contribution in [0.15, 0.2) is 22.9 Å². The molecule has 0 bridgehead atoms. The van der Waals surface area contributed by atoms with Crippen molar-refractivity contribution in [2.45, 2.75) is 40.3 Å². The monoisotopic (exact) mass is 427 g/mol. The molecule has 0 spiro atoms. The van der Waals surface area contributed by atoms with Gasteiger partial charge in [0.25, 0.3) is 5.91 Å². The van der Waals surface area contributed by atoms with Gasteiger partial charge >= 0.3 is 0 Å². The van der Waals surface area contributed by atoms with Crippen molar-refractivity contribution in [3.63, 3.8) is 0 Å². The highest BCUT2D eigenvalue weighted by molar-refractivity contribution is 7.19. The minimum Gasteiger partial charge on any atom is -0.375 e. The van der Waals surface area contributed by atoms with Gasteiger partial charge in [0.2, 0.25) is 0 Å². The van der Waals surface area contributed by atoms with E-state index in [1.807, 2.05) is 13.8 Å². The van der Waals surface area contributed by atoms with Gasteiger partial charge in [-0.05, 0) is 45.4 Å². The van der Waals surface area contributed by atoms with Crippen molar-refractivity contribution in [1.29, 1.82) is 0 Å². The van der Waals surface area contributed by atoms with E-state index in [9.17, 15) is 4.79 Å². The zero-order valence-electron chi connectivity index (χ0n) is 17.6. The van der Waals surface area contributed by atoms with Crippen molar-refractivity contribution in [1.82, 2.24) is 20.4 Å². The summed E-state index contributed by atoms with van der Waals surface area (Å²) in [5.74, 6) is -0.226. The summed E-state index contributed by atoms with van der Waals surface area (Å²) in [7, 11) is 0. The van der Waals surface area contributed by atoms with Crippen LogP contribution in [0.3, 0.4) is 0 Å². The van der Waals surface area contributed by atoms with Gasteiger partial charge in [-0.3, -0.25) is 9.78 Å². The van der Waals surface area contributed by atoms with Crippen LogP contribution in [0.25, 0.3) is 10.4 Å². The number of nitrogens with one attached hydrogen (secondary N) is 1. The molecule has 30 heavy (non-hydrogen) atoms. The second kappa shape index (κ2) is 8.53. The number of carbonyl (C=O) groups is 1. The largest absolute Gasteiger partial charge is 0.375 e. The molecule has 0 unspecified atom stereocenters. The summed E-state index contributed by atoms with van der Waals surface area (Å²) in [5.41, 5.74) is 4.81. The number of hydrogen-bond acceptors (Lipinski definition) is 8. The zero-order valence-corrected chi connectivity index (χ0v) is 18.4. The first-order chi connectivity index (χ1) is 14.4. The Morgan fingerprint density at radius 2 is 2.03 bits per heavy atom. The van der Waals surface area contributed by atoms with Crippen molar-refractivity contribution in [2.75, 3.05) is 24.6 Å². The summed E-state index contributed by atoms with van der Waals surface area (Å²) < 4.78 is 10.6. The second-order valence-corrected chi connectivity index (χ2v) is 8.51. The van der Waals surface area contributed by atoms with Gasteiger partial charge in [0.15, 0.2) is 5.13 Å². The number of aromatic nitrogens is 3. The number of anilines is 1. The SMILES string of the molecule is Cc1cc(-c2sc(N3CCO[C@H](C)C3)nc2CNC(=O)c2conc2C)cc(C)n1. The minimum absolute atomic E-state index is 0.163. The highest BCUT2D eigenvalue weighted by Gasteiger charge is 2.23. The maximum atomic E-state index is 12.5. The van der Waals surface area contributed by atoms with Gasteiger partial charge in [0.05, 0.1) is 35.5 Å². The molecule has 0 aromatic carbocycles. The molecule has 8 nitrogen and oxygen atoms in total. The normalized spacial score (nSPS) is 16.7. The number of ether oxygens (including phenoxy) is 1. The lowest BCUT2D eigenvalue weighted by atomic mass is 10.1. The van der Waals surface area contributed by atoms with Crippen LogP contribution in [0.2, 0.25) is 0 Å². The molecule has 4 rings (SSSR count). The van der Waals surface area contributed by atoms with E-state index in [1.165, 1.54) is 6.26 Å². The van der Waals surface area contributed by atoms with Gasteiger partial charge in [0.1, 0.15) is 11.8 Å². The quantitative estimate of drug-likeness (QED) is 0.668. The molecule has 0 saturated carbocycles. The number of rotatable bonds is 5. The lowest BCUT2D eigenvalue weighted by Gasteiger charge is -2.30. The van der Waals surface area contributed by atoms with Gasteiger partial charge in [-0.2, -0.15) is 0 Å². The molecule has 1 fully saturated rings. The number of aryl methyl sites for hydroxylation is 3. The molecule has 1 aliphatic heterocycles. The van der Waals surface area contributed by atoms with Crippen LogP contribution in [0, 0.1) is 20.8 Å². The van der Waals surface area contributed by atoms with E-state index in [1.54, 1.807) is 18.3 Å². The zero-order chi connectivity index (χ0) is 21.3. The molecule has 1 aliphatic rings. The molecule has 1 amide bonds. The van der Waals surface area contributed by atoms with Crippen LogP contribution in [-0.4, -0.2) is 46.8 Å². The Bertz CT molecular complexity index is 1040. The maximum absolute atomic E-state index is 12.5. The summed E-state index contributed by atoms with van der Waals surface area (Å²) in [6.45, 7) is 10.4. The first kappa shape index (κ1) is 20.5. The first-order valence-electron chi connectivity index (χ1n) is 9.92. The number of morpholine rings is 1. The third-order valence-corrected chi connectivity index (χ3v) is 6.16. The second-order valence-electron chi connectivity index (χ2n) is 7.53. The van der Waals surface area contributed by atoms with Crippen LogP contribution in [-0.2, 0) is 11.3 Å². The van der Waals surface area contributed by atoms with Crippen LogP contribution < -0.4 is 10.2 Å². The molecule has 0 radical (unpaired) electrons. The third kappa shape index (κ3) is 4.36. The standard InChI is InChI=1S/C21H25N5O3S/c1-12-7-16(8-13(2)23-12)19-18(9-22-20(27)17-11-29-25-15(17)4)24-21(30-19)26-5-6-28-14(3)10-26/h7-8,11,14H,5-6,9-10H2,1-4H3,(H,22,27)/t14-/m1/s1. The topological polar surface area (TPSA) is 93.4 Å². The molecule has 0 aliphatic carbocycles. The van der Waals surface area contributed by atoms with Crippen molar-refractivity contribution in [3.05, 3.63) is 46.7 Å². The van der Waals surface area contributed by atoms with Gasteiger partial charge in [-0.25, -0.2) is 4.98 Å². The Balaban J connectivity index is 1.64. The van der Waals surface area contributed by atoms with Crippen molar-refractivity contribution in [2.24, 2.45) is 0 Å². The lowest BCUT2D eigenvalue weighted by molar-refractivity contribution is 0.0532. The van der Waals surface area contributed by atoms with Gasteiger partial charge < -0.3 is 19.5 Å². The molecular formula is C21H25N5O3S. The number of pyridine rings is 1. The smallest absolute Gasteiger partial charge is 0.256 e. The van der Waals surface area contributed by atoms with Gasteiger partial charge in [0, 0.05) is 24.5 Å². The maximum Gasteiger partial charge on any atom is 0.256 e. The molecule has 9 heteroatoms. The van der Waals surface area contributed by atoms with E-state index < -0.39 is 0 Å². The van der Waals surface area contributed by atoms with Crippen LogP contribution in [0.4, 0.5) is 5.13 Å². The fraction of sp³-hybridized carbons (Fsp3) is 0.429. The molecule has 3 aromatic rings. The van der Waals surface area contributed by atoms with E-state index in [0.717, 1.165) is 45.7 Å². The highest BCUT2D eigenvalue weighted by atomic mass is 32.1. The Kier molecular flexibility index (Phi) is 5.83. The molecule has 3 aromatic heterocycles. The number of hydrogen-bond donors (Lipinski definition) is 1. The Morgan fingerprint density at radius 1 is 1.27 bits per heavy atom. The molecule has 1 atom stereocenters. The van der Waals surface area contributed by atoms with Gasteiger partial charge in [-0.1, -0.05) is 16.5 Å². The van der Waals surface area contributed by atoms with E-state index >= 15 is 0 Å². The predicted octanol–water partition coefficient (Wildman–Crippen LogP) is 3.27. The van der Waals surface area contributed by atoms with Crippen LogP contribution in [0.1, 0.15) is 40.1 Å². The van der Waals surface area contributed by atoms with Crippen molar-refractivity contribution >= 4 is 22.4 Å². The number of amides is 1. The fourth-order valence-electron chi connectivity index (χ4n) is 3.55. The van der Waals surface area contributed by atoms with Crippen molar-refractivity contribution < 1.29 is 14.1 Å². The lowest BCUT2D eigenvalue weighted by Crippen LogP contribution is -2.41. The Morgan fingerprint density at radius 3 is 2.70 bits per heavy atom. The summed E-state index contributed by atoms with van der Waals surface area (Å²) in [5, 5.41) is 7.67. The summed E-state index contributed by atoms with van der Waals surface area (Å²) in [6.07, 6.45) is 1.53. The third-order valence-electron chi connectivity index (χ3n) is 4.95. The summed E-state index contributed by atoms with van der Waals surface area (Å²) >= 11 is 1.64. The molecular weight excluding hydrogens is 402 g/mol. The Hall–Kier alpha value is -2.78. The van der Waals surface area contributed by atoms with Crippen LogP contribution >= 0.6 is 11.3 Å². The first-order valence-corrected chi connectivity index (χ1v) is 10.7. The molecule has 4 heterocycles. The van der Waals surface area contributed by atoms with Crippen LogP contribution in [0.5, 0.6) is 0 Å². The summed E-state index contributed by atoms with van der Waals surface area (Å²) in [4.78, 5) is 25.2. The van der Waals surface area contributed by atoms with E-state index in [0.29, 0.717) is 24.4 Å². The number of nitrogens with zero attached hydrogens (tertiary/aromatic N) is 4. The number of thiazole rings is 1. The van der Waals surface area contributed by atoms with E-state index in [2.05, 4.69) is 39.4 Å². The minimum atomic E-state index is -0.226. The van der Waals surface area contributed by atoms with Gasteiger partial charge in [-0.15, -0.1) is 0 Å². The van der Waals surface area contributed by atoms with E-state index in [4.69, 9.17) is 14.2 Å². The average Bonchev–Trinajstić information content (AvgIpc) is 3.32. The van der Waals surface area contributed by atoms with E-state index in [-0.39, 0.29) is 12.0 Å². The molecule has 1 saturated heterocycles. The van der Waals surface area contributed by atoms with Crippen molar-refractivity contribution in [3.8, 4) is 10.4 Å². The Labute approximate surface area is 179 Å². The highest BCUT2D eigenvalue weighted by Crippen LogP contribution is 2.36. The molecule has 1 N–H and O–H groups in total. The number of carbonyl (C=O) groups excluding carboxylic acids is 1. The molecule has 158 valence electrons. The average molecular weight is 428 g/mol. The predicted molar refractivity (Wildman–Crippen MR) is 115 cm³/mol. The summed E-state index contributed by atoms with van der Waals surface area (Å²) in [6, 6.07) is 4.11.